The van der Waals surface area contributed by atoms with Gasteiger partial charge in [-0.15, -0.1) is 0 Å². The van der Waals surface area contributed by atoms with E-state index in [1.165, 1.54) is 6.08 Å². The summed E-state index contributed by atoms with van der Waals surface area (Å²) in [4.78, 5) is 29.6. The van der Waals surface area contributed by atoms with Gasteiger partial charge in [0.05, 0.1) is 36.2 Å². The zero-order valence-electron chi connectivity index (χ0n) is 23.0. The number of carbonyl (C=O) groups is 2. The molecule has 1 aromatic heterocycles. The lowest BCUT2D eigenvalue weighted by Gasteiger charge is -2.35. The normalized spacial score (nSPS) is 12.7. The molecule has 0 atom stereocenters. The molecule has 7 heteroatoms. The first-order chi connectivity index (χ1) is 18.7. The van der Waals surface area contributed by atoms with Crippen LogP contribution in [0.4, 0.5) is 11.4 Å². The number of aliphatic carboxylic acids is 1. The van der Waals surface area contributed by atoms with E-state index in [-0.39, 0.29) is 12.3 Å². The summed E-state index contributed by atoms with van der Waals surface area (Å²) in [7, 11) is 0. The molecule has 1 aliphatic heterocycles. The predicted octanol–water partition coefficient (Wildman–Crippen LogP) is 7.19. The lowest BCUT2D eigenvalue weighted by Crippen LogP contribution is -2.23. The van der Waals surface area contributed by atoms with Crippen molar-refractivity contribution in [3.63, 3.8) is 0 Å². The molecule has 0 aliphatic carbocycles. The molecule has 39 heavy (non-hydrogen) atoms. The molecule has 0 radical (unpaired) electrons. The van der Waals surface area contributed by atoms with Gasteiger partial charge in [-0.25, -0.2) is 0 Å². The predicted molar refractivity (Wildman–Crippen MR) is 162 cm³/mol. The van der Waals surface area contributed by atoms with Gasteiger partial charge in [0.15, 0.2) is 0 Å². The fourth-order valence-electron chi connectivity index (χ4n) is 5.09. The number of carboxylic acids is 1. The lowest BCUT2D eigenvalue weighted by molar-refractivity contribution is -0.136. The number of amides is 1. The minimum absolute atomic E-state index is 0.0665. The number of carbonyl (C=O) groups excluding carboxylic acids is 1. The quantitative estimate of drug-likeness (QED) is 0.179. The number of rotatable bonds is 8. The molecule has 6 nitrogen and oxygen atoms in total. The van der Waals surface area contributed by atoms with E-state index in [0.29, 0.717) is 17.8 Å². The molecule has 2 aromatic carbocycles. The van der Waals surface area contributed by atoms with E-state index in [2.05, 4.69) is 28.3 Å². The summed E-state index contributed by atoms with van der Waals surface area (Å²) in [5.41, 5.74) is 10.7. The molecule has 2 N–H and O–H groups in total. The number of carboxylic acid groups (broad SMARTS) is 1. The van der Waals surface area contributed by atoms with Crippen LogP contribution in [0.2, 0.25) is 0 Å². The number of fused-ring (bicyclic) bond motifs is 3. The van der Waals surface area contributed by atoms with Crippen molar-refractivity contribution in [3.05, 3.63) is 101 Å². The molecule has 200 valence electrons. The van der Waals surface area contributed by atoms with E-state index in [1.807, 2.05) is 58.2 Å². The number of allylic oxidation sites excluding steroid dienone is 3. The van der Waals surface area contributed by atoms with Crippen molar-refractivity contribution in [1.82, 2.24) is 4.98 Å². The maximum Gasteiger partial charge on any atom is 0.307 e. The summed E-state index contributed by atoms with van der Waals surface area (Å²) < 4.78 is 2.18. The van der Waals surface area contributed by atoms with Crippen LogP contribution in [-0.4, -0.2) is 28.2 Å². The molecular formula is C32H33N3O3S. The summed E-state index contributed by atoms with van der Waals surface area (Å²) in [5.74, 6) is -1.12. The van der Waals surface area contributed by atoms with Gasteiger partial charge in [-0.3, -0.25) is 14.6 Å². The zero-order valence-corrected chi connectivity index (χ0v) is 23.8. The van der Waals surface area contributed by atoms with Gasteiger partial charge in [0, 0.05) is 23.0 Å². The lowest BCUT2D eigenvalue weighted by atomic mass is 9.82. The average molecular weight is 540 g/mol. The van der Waals surface area contributed by atoms with Crippen LogP contribution < -0.4 is 9.62 Å². The van der Waals surface area contributed by atoms with Crippen molar-refractivity contribution < 1.29 is 14.7 Å². The van der Waals surface area contributed by atoms with Gasteiger partial charge in [0.2, 0.25) is 0 Å². The second-order valence-corrected chi connectivity index (χ2v) is 10.3. The molecule has 0 unspecified atom stereocenters. The Bertz CT molecular complexity index is 1520. The number of benzene rings is 2. The second kappa shape index (κ2) is 11.7. The van der Waals surface area contributed by atoms with E-state index in [9.17, 15) is 14.7 Å². The average Bonchev–Trinajstić information content (AvgIpc) is 2.91. The first-order valence-electron chi connectivity index (χ1n) is 12.7. The number of hydrogen-bond donors (Lipinski definition) is 2. The molecule has 4 rings (SSSR count). The maximum atomic E-state index is 12.8. The molecule has 0 saturated heterocycles. The minimum atomic E-state index is -0.862. The monoisotopic (exact) mass is 539 g/mol. The van der Waals surface area contributed by atoms with E-state index in [1.54, 1.807) is 30.3 Å². The molecular weight excluding hydrogens is 506 g/mol. The van der Waals surface area contributed by atoms with Crippen molar-refractivity contribution in [3.8, 4) is 22.4 Å². The van der Waals surface area contributed by atoms with Gasteiger partial charge in [-0.1, -0.05) is 66.6 Å². The van der Waals surface area contributed by atoms with Gasteiger partial charge >= 0.3 is 5.97 Å². The Morgan fingerprint density at radius 1 is 1.15 bits per heavy atom. The third kappa shape index (κ3) is 5.54. The Labute approximate surface area is 234 Å². The highest BCUT2D eigenvalue weighted by atomic mass is 32.2. The zero-order chi connectivity index (χ0) is 28.3. The molecule has 1 amide bonds. The van der Waals surface area contributed by atoms with Gasteiger partial charge in [0.1, 0.15) is 0 Å². The third-order valence-corrected chi connectivity index (χ3v) is 7.71. The Morgan fingerprint density at radius 3 is 2.49 bits per heavy atom. The highest BCUT2D eigenvalue weighted by Gasteiger charge is 2.31. The van der Waals surface area contributed by atoms with Gasteiger partial charge in [0.25, 0.3) is 5.91 Å². The van der Waals surface area contributed by atoms with Crippen LogP contribution in [0.25, 0.3) is 22.4 Å². The van der Waals surface area contributed by atoms with Crippen LogP contribution >= 0.6 is 11.9 Å². The molecule has 0 bridgehead atoms. The fourth-order valence-corrected chi connectivity index (χ4v) is 5.76. The van der Waals surface area contributed by atoms with Crippen LogP contribution in [0, 0.1) is 20.8 Å². The topological polar surface area (TPSA) is 82.5 Å². The van der Waals surface area contributed by atoms with Crippen molar-refractivity contribution >= 4 is 35.2 Å². The Kier molecular flexibility index (Phi) is 8.41. The van der Waals surface area contributed by atoms with E-state index in [4.69, 9.17) is 4.98 Å². The molecule has 0 fully saturated rings. The second-order valence-electron chi connectivity index (χ2n) is 9.52. The van der Waals surface area contributed by atoms with Crippen molar-refractivity contribution in [2.45, 2.75) is 40.7 Å². The summed E-state index contributed by atoms with van der Waals surface area (Å²) >= 11 is 1.58. The number of hydrogen-bond acceptors (Lipinski definition) is 5. The summed E-state index contributed by atoms with van der Waals surface area (Å²) in [6.07, 6.45) is 10.5. The van der Waals surface area contributed by atoms with Gasteiger partial charge < -0.3 is 14.7 Å². The van der Waals surface area contributed by atoms with Crippen LogP contribution in [0.15, 0.2) is 73.0 Å². The molecule has 0 saturated carbocycles. The summed E-state index contributed by atoms with van der Waals surface area (Å²) in [6, 6.07) is 10.2. The minimum Gasteiger partial charge on any atom is -0.481 e. The highest BCUT2D eigenvalue weighted by Crippen LogP contribution is 2.49. The first kappa shape index (κ1) is 27.9. The molecule has 1 aliphatic rings. The van der Waals surface area contributed by atoms with Crippen molar-refractivity contribution in [2.24, 2.45) is 0 Å². The molecule has 3 aromatic rings. The first-order valence-corrected chi connectivity index (χ1v) is 13.9. The number of nitrogens with one attached hydrogen (secondary N) is 1. The third-order valence-electron chi connectivity index (χ3n) is 6.96. The molecule has 2 heterocycles. The number of pyridine rings is 1. The smallest absolute Gasteiger partial charge is 0.307 e. The summed E-state index contributed by atoms with van der Waals surface area (Å²) in [5, 5.41) is 12.8. The standard InChI is InChI=1S/C32H33N3O3S/c1-7-9-10-22(8-2)32(38)34-25-15-24-18-35(39-6)31-20(4)26(16-27(36)37)28(23-13-11-19(3)12-14-23)21(5)29(31)30(24)33-17-25/h7-15,17H,2,16,18H2,1,3-6H3,(H,34,38)(H,36,37)/b9-7-,22-10+. The van der Waals surface area contributed by atoms with E-state index < -0.39 is 5.97 Å². The number of aryl methyl sites for hydroxylation is 1. The van der Waals surface area contributed by atoms with E-state index in [0.717, 1.165) is 55.9 Å². The van der Waals surface area contributed by atoms with Gasteiger partial charge in [-0.05, 0) is 67.7 Å². The van der Waals surface area contributed by atoms with Crippen LogP contribution in [0.5, 0.6) is 0 Å². The van der Waals surface area contributed by atoms with Crippen LogP contribution in [0.1, 0.15) is 34.7 Å². The van der Waals surface area contributed by atoms with Gasteiger partial charge in [-0.2, -0.15) is 0 Å². The Hall–Kier alpha value is -4.10. The largest absolute Gasteiger partial charge is 0.481 e. The number of anilines is 2. The number of nitrogens with zero attached hydrogens (tertiary/aromatic N) is 2. The Morgan fingerprint density at radius 2 is 1.87 bits per heavy atom. The fraction of sp³-hybridized carbons (Fsp3) is 0.219. The SMILES string of the molecule is C=C/C(=C\C=C/C)C(=O)Nc1cnc2c(c1)CN(SC)c1c(C)c(CC(=O)O)c(-c3ccc(C)cc3)c(C)c1-2. The van der Waals surface area contributed by atoms with E-state index >= 15 is 0 Å². The maximum absolute atomic E-state index is 12.8. The van der Waals surface area contributed by atoms with Crippen molar-refractivity contribution in [2.75, 3.05) is 15.9 Å². The van der Waals surface area contributed by atoms with Crippen LogP contribution in [-0.2, 0) is 22.6 Å². The molecule has 0 spiro atoms. The number of aromatic nitrogens is 1. The summed E-state index contributed by atoms with van der Waals surface area (Å²) in [6.45, 7) is 12.3. The Balaban J connectivity index is 1.90. The van der Waals surface area contributed by atoms with Crippen LogP contribution in [0.3, 0.4) is 0 Å². The van der Waals surface area contributed by atoms with Crippen molar-refractivity contribution in [1.29, 1.82) is 0 Å². The highest BCUT2D eigenvalue weighted by molar-refractivity contribution is 7.99.